The molecule has 0 saturated carbocycles. The van der Waals surface area contributed by atoms with E-state index in [4.69, 9.17) is 4.74 Å². The largest absolute Gasteiger partial charge is 0.492 e. The Kier molecular flexibility index (Phi) is 7.60. The van der Waals surface area contributed by atoms with E-state index < -0.39 is 11.7 Å². The summed E-state index contributed by atoms with van der Waals surface area (Å²) in [5.74, 6) is -0.0413. The van der Waals surface area contributed by atoms with Crippen molar-refractivity contribution in [1.82, 2.24) is 14.8 Å². The van der Waals surface area contributed by atoms with E-state index in [1.165, 1.54) is 23.9 Å². The van der Waals surface area contributed by atoms with Crippen molar-refractivity contribution in [3.05, 3.63) is 60.2 Å². The molecule has 0 fully saturated rings. The number of benzene rings is 2. The molecule has 8 nitrogen and oxygen atoms in total. The second-order valence-corrected chi connectivity index (χ2v) is 7.37. The number of anilines is 2. The number of thioether (sulfide) groups is 1. The molecule has 0 radical (unpaired) electrons. The van der Waals surface area contributed by atoms with E-state index in [1.807, 2.05) is 19.1 Å². The minimum atomic E-state index is -0.512. The highest BCUT2D eigenvalue weighted by molar-refractivity contribution is 7.99. The van der Waals surface area contributed by atoms with Crippen LogP contribution in [-0.4, -0.2) is 38.9 Å². The molecular formula is C21H22FN5O3S. The minimum Gasteiger partial charge on any atom is -0.492 e. The van der Waals surface area contributed by atoms with Gasteiger partial charge in [0.25, 0.3) is 0 Å². The zero-order chi connectivity index (χ0) is 22.2. The van der Waals surface area contributed by atoms with Gasteiger partial charge in [-0.2, -0.15) is 0 Å². The van der Waals surface area contributed by atoms with E-state index in [1.54, 1.807) is 35.9 Å². The molecule has 0 atom stereocenters. The fourth-order valence-corrected chi connectivity index (χ4v) is 3.42. The summed E-state index contributed by atoms with van der Waals surface area (Å²) in [5.41, 5.74) is 0.701. The maximum absolute atomic E-state index is 13.7. The summed E-state index contributed by atoms with van der Waals surface area (Å²) in [6, 6.07) is 13.1. The Morgan fingerprint density at radius 3 is 2.45 bits per heavy atom. The number of rotatable bonds is 9. The third-order valence-electron chi connectivity index (χ3n) is 4.19. The van der Waals surface area contributed by atoms with Gasteiger partial charge in [-0.25, -0.2) is 4.39 Å². The number of amides is 2. The molecule has 0 unspecified atom stereocenters. The lowest BCUT2D eigenvalue weighted by Crippen LogP contribution is -2.18. The standard InChI is InChI=1S/C21H22FN5O3S/c1-3-30-17-11-7-6-10-16(17)24-20(29)13-31-21-26-25-18(27(21)2)12-19(28)23-15-9-5-4-8-14(15)22/h4-11H,3,12-13H2,1-2H3,(H,23,28)(H,24,29). The average Bonchev–Trinajstić information content (AvgIpc) is 3.09. The predicted molar refractivity (Wildman–Crippen MR) is 117 cm³/mol. The van der Waals surface area contributed by atoms with E-state index in [-0.39, 0.29) is 23.8 Å². The molecule has 0 bridgehead atoms. The zero-order valence-electron chi connectivity index (χ0n) is 17.1. The molecule has 0 aliphatic rings. The fraction of sp³-hybridized carbons (Fsp3) is 0.238. The normalized spacial score (nSPS) is 10.5. The molecule has 0 aliphatic heterocycles. The second kappa shape index (κ2) is 10.6. The van der Waals surface area contributed by atoms with Gasteiger partial charge in [0.1, 0.15) is 17.4 Å². The molecule has 10 heteroatoms. The van der Waals surface area contributed by atoms with Crippen molar-refractivity contribution in [3.8, 4) is 5.75 Å². The number of halogens is 1. The number of carbonyl (C=O) groups excluding carboxylic acids is 2. The molecule has 2 amide bonds. The van der Waals surface area contributed by atoms with Crippen LogP contribution in [0.3, 0.4) is 0 Å². The van der Waals surface area contributed by atoms with Gasteiger partial charge in [0.05, 0.1) is 30.2 Å². The van der Waals surface area contributed by atoms with Crippen molar-refractivity contribution in [2.75, 3.05) is 23.0 Å². The van der Waals surface area contributed by atoms with Crippen LogP contribution in [0, 0.1) is 5.82 Å². The first kappa shape index (κ1) is 22.3. The molecule has 0 spiro atoms. The van der Waals surface area contributed by atoms with E-state index in [2.05, 4.69) is 20.8 Å². The molecule has 3 rings (SSSR count). The maximum Gasteiger partial charge on any atom is 0.234 e. The number of para-hydroxylation sites is 3. The number of carbonyl (C=O) groups is 2. The molecule has 1 heterocycles. The van der Waals surface area contributed by atoms with Crippen LogP contribution in [0.1, 0.15) is 12.7 Å². The number of hydrogen-bond acceptors (Lipinski definition) is 6. The van der Waals surface area contributed by atoms with Gasteiger partial charge in [-0.05, 0) is 31.2 Å². The van der Waals surface area contributed by atoms with Crippen LogP contribution >= 0.6 is 11.8 Å². The smallest absolute Gasteiger partial charge is 0.234 e. The van der Waals surface area contributed by atoms with Crippen molar-refractivity contribution in [1.29, 1.82) is 0 Å². The highest BCUT2D eigenvalue weighted by Crippen LogP contribution is 2.24. The second-order valence-electron chi connectivity index (χ2n) is 6.43. The van der Waals surface area contributed by atoms with Gasteiger partial charge in [0.2, 0.25) is 11.8 Å². The fourth-order valence-electron chi connectivity index (χ4n) is 2.69. The van der Waals surface area contributed by atoms with Gasteiger partial charge in [-0.3, -0.25) is 9.59 Å². The van der Waals surface area contributed by atoms with Crippen molar-refractivity contribution in [2.24, 2.45) is 7.05 Å². The summed E-state index contributed by atoms with van der Waals surface area (Å²) >= 11 is 1.19. The lowest BCUT2D eigenvalue weighted by Gasteiger charge is -2.11. The van der Waals surface area contributed by atoms with E-state index in [0.29, 0.717) is 29.0 Å². The molecule has 0 aliphatic carbocycles. The van der Waals surface area contributed by atoms with Crippen LogP contribution in [0.15, 0.2) is 53.7 Å². The van der Waals surface area contributed by atoms with Gasteiger partial charge in [-0.1, -0.05) is 36.0 Å². The third-order valence-corrected chi connectivity index (χ3v) is 5.21. The van der Waals surface area contributed by atoms with Crippen molar-refractivity contribution in [2.45, 2.75) is 18.5 Å². The monoisotopic (exact) mass is 443 g/mol. The molecule has 2 aromatic carbocycles. The first-order valence-corrected chi connectivity index (χ1v) is 10.5. The van der Waals surface area contributed by atoms with Crippen LogP contribution in [0.5, 0.6) is 5.75 Å². The lowest BCUT2D eigenvalue weighted by atomic mass is 10.3. The van der Waals surface area contributed by atoms with Gasteiger partial charge in [0, 0.05) is 7.05 Å². The van der Waals surface area contributed by atoms with Crippen LogP contribution in [0.4, 0.5) is 15.8 Å². The predicted octanol–water partition coefficient (Wildman–Crippen LogP) is 3.26. The zero-order valence-corrected chi connectivity index (χ0v) is 17.9. The topological polar surface area (TPSA) is 98.1 Å². The van der Waals surface area contributed by atoms with Gasteiger partial charge in [0.15, 0.2) is 5.16 Å². The van der Waals surface area contributed by atoms with Crippen LogP contribution in [0.2, 0.25) is 0 Å². The summed E-state index contributed by atoms with van der Waals surface area (Å²) in [6.07, 6.45) is -0.0771. The molecule has 162 valence electrons. The average molecular weight is 444 g/mol. The maximum atomic E-state index is 13.7. The van der Waals surface area contributed by atoms with Crippen molar-refractivity contribution in [3.63, 3.8) is 0 Å². The molecule has 31 heavy (non-hydrogen) atoms. The van der Waals surface area contributed by atoms with Crippen LogP contribution in [0.25, 0.3) is 0 Å². The molecular weight excluding hydrogens is 421 g/mol. The number of aromatic nitrogens is 3. The van der Waals surface area contributed by atoms with E-state index in [9.17, 15) is 14.0 Å². The highest BCUT2D eigenvalue weighted by Gasteiger charge is 2.16. The summed E-state index contributed by atoms with van der Waals surface area (Å²) in [5, 5.41) is 13.9. The first-order valence-electron chi connectivity index (χ1n) is 9.55. The Hall–Kier alpha value is -3.40. The quantitative estimate of drug-likeness (QED) is 0.493. The number of nitrogens with zero attached hydrogens (tertiary/aromatic N) is 3. The van der Waals surface area contributed by atoms with Gasteiger partial charge in [-0.15, -0.1) is 10.2 Å². The van der Waals surface area contributed by atoms with Crippen molar-refractivity contribution >= 4 is 35.0 Å². The van der Waals surface area contributed by atoms with Gasteiger partial charge >= 0.3 is 0 Å². The Morgan fingerprint density at radius 1 is 1.03 bits per heavy atom. The van der Waals surface area contributed by atoms with Gasteiger partial charge < -0.3 is 19.9 Å². The number of hydrogen-bond donors (Lipinski definition) is 2. The molecule has 0 saturated heterocycles. The Bertz CT molecular complexity index is 1070. The lowest BCUT2D eigenvalue weighted by molar-refractivity contribution is -0.116. The SMILES string of the molecule is CCOc1ccccc1NC(=O)CSc1nnc(CC(=O)Nc2ccccc2F)n1C. The number of nitrogens with one attached hydrogen (secondary N) is 2. The van der Waals surface area contributed by atoms with Crippen molar-refractivity contribution < 1.29 is 18.7 Å². The van der Waals surface area contributed by atoms with Crippen LogP contribution < -0.4 is 15.4 Å². The highest BCUT2D eigenvalue weighted by atomic mass is 32.2. The molecule has 1 aromatic heterocycles. The molecule has 3 aromatic rings. The Morgan fingerprint density at radius 2 is 1.71 bits per heavy atom. The summed E-state index contributed by atoms with van der Waals surface area (Å²) in [7, 11) is 1.70. The molecule has 2 N–H and O–H groups in total. The summed E-state index contributed by atoms with van der Waals surface area (Å²) < 4.78 is 20.8. The minimum absolute atomic E-state index is 0.0771. The third kappa shape index (κ3) is 6.05. The Labute approximate surface area is 183 Å². The van der Waals surface area contributed by atoms with E-state index in [0.717, 1.165) is 0 Å². The summed E-state index contributed by atoms with van der Waals surface area (Å²) in [6.45, 7) is 2.37. The van der Waals surface area contributed by atoms with Crippen LogP contribution in [-0.2, 0) is 23.1 Å². The summed E-state index contributed by atoms with van der Waals surface area (Å²) in [4.78, 5) is 24.5. The number of ether oxygens (including phenoxy) is 1. The first-order chi connectivity index (χ1) is 15.0. The van der Waals surface area contributed by atoms with E-state index >= 15 is 0 Å². The Balaban J connectivity index is 1.55.